The third kappa shape index (κ3) is 4.63. The van der Waals surface area contributed by atoms with E-state index in [2.05, 4.69) is 5.32 Å². The van der Waals surface area contributed by atoms with Crippen molar-refractivity contribution >= 4 is 17.5 Å². The maximum Gasteiger partial charge on any atom is 0.258 e. The zero-order chi connectivity index (χ0) is 17.0. The fourth-order valence-corrected chi connectivity index (χ4v) is 2.17. The van der Waals surface area contributed by atoms with Crippen LogP contribution in [0.1, 0.15) is 18.5 Å². The van der Waals surface area contributed by atoms with Crippen LogP contribution in [0.25, 0.3) is 0 Å². The molecule has 0 aliphatic heterocycles. The summed E-state index contributed by atoms with van der Waals surface area (Å²) in [4.78, 5) is 11.8. The number of carbonyl (C=O) groups excluding carboxylic acids is 1. The maximum absolute atomic E-state index is 13.6. The van der Waals surface area contributed by atoms with Gasteiger partial charge in [0.15, 0.2) is 6.61 Å². The number of amides is 1. The van der Waals surface area contributed by atoms with Gasteiger partial charge in [-0.25, -0.2) is 13.2 Å². The topological polar surface area (TPSA) is 38.3 Å². The van der Waals surface area contributed by atoms with Crippen molar-refractivity contribution in [2.45, 2.75) is 13.0 Å². The van der Waals surface area contributed by atoms with E-state index in [9.17, 15) is 18.0 Å². The molecule has 0 aromatic heterocycles. The largest absolute Gasteiger partial charge is 0.482 e. The maximum atomic E-state index is 13.6. The van der Waals surface area contributed by atoms with Crippen LogP contribution in [0.15, 0.2) is 36.4 Å². The number of hydrogen-bond donors (Lipinski definition) is 1. The smallest absolute Gasteiger partial charge is 0.258 e. The number of ether oxygens (including phenoxy) is 1. The van der Waals surface area contributed by atoms with Crippen molar-refractivity contribution in [3.05, 3.63) is 64.4 Å². The Bertz CT molecular complexity index is 724. The van der Waals surface area contributed by atoms with Crippen LogP contribution < -0.4 is 10.1 Å². The van der Waals surface area contributed by atoms with E-state index in [0.29, 0.717) is 0 Å². The molecule has 0 unspecified atom stereocenters. The minimum atomic E-state index is -0.750. The quantitative estimate of drug-likeness (QED) is 0.890. The predicted octanol–water partition coefficient (Wildman–Crippen LogP) is 4.01. The molecule has 0 heterocycles. The molecule has 23 heavy (non-hydrogen) atoms. The van der Waals surface area contributed by atoms with Crippen LogP contribution in [0.3, 0.4) is 0 Å². The summed E-state index contributed by atoms with van der Waals surface area (Å²) in [6, 6.07) is 5.95. The second-order valence-corrected chi connectivity index (χ2v) is 5.23. The lowest BCUT2D eigenvalue weighted by molar-refractivity contribution is -0.123. The van der Waals surface area contributed by atoms with E-state index in [4.69, 9.17) is 16.3 Å². The average Bonchev–Trinajstić information content (AvgIpc) is 2.46. The van der Waals surface area contributed by atoms with Gasteiger partial charge in [-0.3, -0.25) is 4.79 Å². The first-order chi connectivity index (χ1) is 10.9. The number of hydrogen-bond acceptors (Lipinski definition) is 2. The summed E-state index contributed by atoms with van der Waals surface area (Å²) in [5.74, 6) is -2.34. The monoisotopic (exact) mass is 343 g/mol. The highest BCUT2D eigenvalue weighted by Gasteiger charge is 2.15. The molecule has 122 valence electrons. The number of benzene rings is 2. The van der Waals surface area contributed by atoms with Crippen LogP contribution in [0.5, 0.6) is 5.75 Å². The molecule has 2 rings (SSSR count). The van der Waals surface area contributed by atoms with E-state index in [0.717, 1.165) is 24.3 Å². The van der Waals surface area contributed by atoms with Gasteiger partial charge in [0, 0.05) is 11.6 Å². The van der Waals surface area contributed by atoms with Crippen LogP contribution in [0.4, 0.5) is 13.2 Å². The Morgan fingerprint density at radius 1 is 1.17 bits per heavy atom. The summed E-state index contributed by atoms with van der Waals surface area (Å²) in [5.41, 5.74) is 0.152. The third-order valence-corrected chi connectivity index (χ3v) is 3.35. The van der Waals surface area contributed by atoms with Crippen LogP contribution in [-0.2, 0) is 4.79 Å². The number of carbonyl (C=O) groups is 1. The van der Waals surface area contributed by atoms with E-state index < -0.39 is 29.4 Å². The Labute approximate surface area is 136 Å². The standard InChI is InChI=1S/C16H13ClF3NO2/c1-9(12-4-2-11(19)7-14(12)20)21-16(22)8-23-15-5-3-10(18)6-13(15)17/h2-7,9H,8H2,1H3,(H,21,22)/t9-/m1/s1. The molecular formula is C16H13ClF3NO2. The Kier molecular flexibility index (Phi) is 5.50. The van der Waals surface area contributed by atoms with Crippen molar-refractivity contribution in [3.8, 4) is 5.75 Å². The first-order valence-electron chi connectivity index (χ1n) is 6.69. The lowest BCUT2D eigenvalue weighted by atomic mass is 10.1. The van der Waals surface area contributed by atoms with Crippen LogP contribution in [0, 0.1) is 17.5 Å². The van der Waals surface area contributed by atoms with Crippen molar-refractivity contribution in [2.24, 2.45) is 0 Å². The van der Waals surface area contributed by atoms with Crippen molar-refractivity contribution in [3.63, 3.8) is 0 Å². The molecule has 3 nitrogen and oxygen atoms in total. The van der Waals surface area contributed by atoms with Crippen molar-refractivity contribution in [1.82, 2.24) is 5.32 Å². The molecule has 0 spiro atoms. The highest BCUT2D eigenvalue weighted by atomic mass is 35.5. The summed E-state index contributed by atoms with van der Waals surface area (Å²) in [6.45, 7) is 1.18. The first-order valence-corrected chi connectivity index (χ1v) is 7.07. The van der Waals surface area contributed by atoms with Gasteiger partial charge < -0.3 is 10.1 Å². The molecule has 0 radical (unpaired) electrons. The number of rotatable bonds is 5. The fourth-order valence-electron chi connectivity index (χ4n) is 1.95. The lowest BCUT2D eigenvalue weighted by Gasteiger charge is -2.15. The molecule has 1 N–H and O–H groups in total. The molecule has 0 saturated heterocycles. The van der Waals surface area contributed by atoms with Gasteiger partial charge in [0.25, 0.3) is 5.91 Å². The van der Waals surface area contributed by atoms with Crippen LogP contribution in [0.2, 0.25) is 5.02 Å². The molecule has 0 fully saturated rings. The van der Waals surface area contributed by atoms with Gasteiger partial charge in [0.05, 0.1) is 11.1 Å². The van der Waals surface area contributed by atoms with Gasteiger partial charge in [-0.05, 0) is 31.2 Å². The second kappa shape index (κ2) is 7.37. The normalized spacial score (nSPS) is 11.9. The Hall–Kier alpha value is -2.21. The van der Waals surface area contributed by atoms with E-state index in [-0.39, 0.29) is 22.9 Å². The van der Waals surface area contributed by atoms with Crippen LogP contribution in [-0.4, -0.2) is 12.5 Å². The SMILES string of the molecule is C[C@@H](NC(=O)COc1ccc(F)cc1Cl)c1ccc(F)cc1F. The number of nitrogens with one attached hydrogen (secondary N) is 1. The molecule has 1 atom stereocenters. The van der Waals surface area contributed by atoms with E-state index in [1.165, 1.54) is 12.1 Å². The summed E-state index contributed by atoms with van der Waals surface area (Å²) in [7, 11) is 0. The molecule has 0 aliphatic rings. The van der Waals surface area contributed by atoms with Crippen LogP contribution >= 0.6 is 11.6 Å². The average molecular weight is 344 g/mol. The molecule has 0 saturated carbocycles. The highest BCUT2D eigenvalue weighted by Crippen LogP contribution is 2.24. The molecule has 2 aromatic carbocycles. The van der Waals surface area contributed by atoms with Gasteiger partial charge in [0.2, 0.25) is 0 Å². The molecule has 0 aliphatic carbocycles. The van der Waals surface area contributed by atoms with Gasteiger partial charge in [-0.15, -0.1) is 0 Å². The number of halogens is 4. The Balaban J connectivity index is 1.93. The minimum absolute atomic E-state index is 0.0374. The summed E-state index contributed by atoms with van der Waals surface area (Å²) in [6.07, 6.45) is 0. The third-order valence-electron chi connectivity index (χ3n) is 3.06. The highest BCUT2D eigenvalue weighted by molar-refractivity contribution is 6.32. The van der Waals surface area contributed by atoms with Gasteiger partial charge in [-0.1, -0.05) is 17.7 Å². The molecule has 2 aromatic rings. The zero-order valence-electron chi connectivity index (χ0n) is 12.1. The zero-order valence-corrected chi connectivity index (χ0v) is 12.8. The van der Waals surface area contributed by atoms with Gasteiger partial charge in [-0.2, -0.15) is 0 Å². The minimum Gasteiger partial charge on any atom is -0.482 e. The van der Waals surface area contributed by atoms with Gasteiger partial charge in [0.1, 0.15) is 23.2 Å². The molecular weight excluding hydrogens is 331 g/mol. The molecule has 0 bridgehead atoms. The predicted molar refractivity (Wildman–Crippen MR) is 79.8 cm³/mol. The Morgan fingerprint density at radius 2 is 1.83 bits per heavy atom. The van der Waals surface area contributed by atoms with Crippen molar-refractivity contribution < 1.29 is 22.7 Å². The lowest BCUT2D eigenvalue weighted by Crippen LogP contribution is -2.31. The van der Waals surface area contributed by atoms with E-state index in [1.807, 2.05) is 0 Å². The van der Waals surface area contributed by atoms with Gasteiger partial charge >= 0.3 is 0 Å². The van der Waals surface area contributed by atoms with Crippen molar-refractivity contribution in [2.75, 3.05) is 6.61 Å². The second-order valence-electron chi connectivity index (χ2n) is 4.82. The summed E-state index contributed by atoms with van der Waals surface area (Å²) >= 11 is 5.77. The van der Waals surface area contributed by atoms with Crippen molar-refractivity contribution in [1.29, 1.82) is 0 Å². The Morgan fingerprint density at radius 3 is 2.48 bits per heavy atom. The molecule has 1 amide bonds. The summed E-state index contributed by atoms with van der Waals surface area (Å²) < 4.78 is 44.5. The van der Waals surface area contributed by atoms with E-state index >= 15 is 0 Å². The van der Waals surface area contributed by atoms with E-state index in [1.54, 1.807) is 6.92 Å². The first kappa shape index (κ1) is 17.1. The summed E-state index contributed by atoms with van der Waals surface area (Å²) in [5, 5.41) is 2.55. The fraction of sp³-hybridized carbons (Fsp3) is 0.188. The molecule has 7 heteroatoms.